The molecule has 1 atom stereocenters. The summed E-state index contributed by atoms with van der Waals surface area (Å²) < 4.78 is 9.93. The monoisotopic (exact) mass is 260 g/mol. The quantitative estimate of drug-likeness (QED) is 0.731. The van der Waals surface area contributed by atoms with E-state index < -0.39 is 17.6 Å². The van der Waals surface area contributed by atoms with Crippen molar-refractivity contribution in [2.75, 3.05) is 19.8 Å². The molecule has 0 aromatic rings. The van der Waals surface area contributed by atoms with E-state index in [0.717, 1.165) is 6.42 Å². The molecule has 0 aliphatic rings. The van der Waals surface area contributed by atoms with E-state index in [1.54, 1.807) is 0 Å². The molecule has 0 radical (unpaired) electrons. The minimum atomic E-state index is -0.822. The Hall–Kier alpha value is -1.46. The number of hydrogen-bond donors (Lipinski definition) is 2. The molecule has 3 N–H and O–H groups in total. The highest BCUT2D eigenvalue weighted by Gasteiger charge is 2.31. The molecule has 18 heavy (non-hydrogen) atoms. The van der Waals surface area contributed by atoms with Crippen molar-refractivity contribution in [1.82, 2.24) is 5.32 Å². The van der Waals surface area contributed by atoms with E-state index in [2.05, 4.69) is 5.32 Å². The number of alkyl carbamates (subject to hydrolysis) is 1. The first kappa shape index (κ1) is 16.5. The molecule has 0 aromatic heterocycles. The number of nitrogens with one attached hydrogen (secondary N) is 1. The lowest BCUT2D eigenvalue weighted by Gasteiger charge is -2.32. The van der Waals surface area contributed by atoms with E-state index in [-0.39, 0.29) is 19.1 Å². The molecule has 6 heteroatoms. The molecular weight excluding hydrogens is 236 g/mol. The zero-order chi connectivity index (χ0) is 14.2. The zero-order valence-electron chi connectivity index (χ0n) is 11.6. The van der Waals surface area contributed by atoms with Crippen LogP contribution in [0.5, 0.6) is 0 Å². The van der Waals surface area contributed by atoms with E-state index in [1.165, 1.54) is 0 Å². The van der Waals surface area contributed by atoms with E-state index in [4.69, 9.17) is 15.2 Å². The molecule has 0 fully saturated rings. The van der Waals surface area contributed by atoms with Crippen LogP contribution in [0.15, 0.2) is 0 Å². The van der Waals surface area contributed by atoms with Crippen LogP contribution in [0.3, 0.4) is 0 Å². The third-order valence-electron chi connectivity index (χ3n) is 2.99. The van der Waals surface area contributed by atoms with Gasteiger partial charge in [-0.3, -0.25) is 0 Å². The first-order chi connectivity index (χ1) is 8.31. The minimum Gasteiger partial charge on any atom is -0.449 e. The number of hydrogen-bond acceptors (Lipinski definition) is 4. The molecule has 0 rings (SSSR count). The van der Waals surface area contributed by atoms with Crippen LogP contribution >= 0.6 is 0 Å². The maximum absolute atomic E-state index is 11.3. The molecule has 0 saturated carbocycles. The summed E-state index contributed by atoms with van der Waals surface area (Å²) in [7, 11) is 0. The Morgan fingerprint density at radius 3 is 2.28 bits per heavy atom. The second-order valence-electron chi connectivity index (χ2n) is 4.92. The second-order valence-corrected chi connectivity index (χ2v) is 4.92. The Balaban J connectivity index is 4.25. The van der Waals surface area contributed by atoms with Gasteiger partial charge in [-0.15, -0.1) is 0 Å². The van der Waals surface area contributed by atoms with Gasteiger partial charge in [0.15, 0.2) is 0 Å². The van der Waals surface area contributed by atoms with Crippen molar-refractivity contribution in [3.63, 3.8) is 0 Å². The topological polar surface area (TPSA) is 90.7 Å². The Morgan fingerprint density at radius 1 is 1.28 bits per heavy atom. The fourth-order valence-corrected chi connectivity index (χ4v) is 1.12. The minimum absolute atomic E-state index is 0.126. The largest absolute Gasteiger partial charge is 0.449 e. The lowest BCUT2D eigenvalue weighted by Crippen LogP contribution is -2.38. The average molecular weight is 260 g/mol. The number of ether oxygens (including phenoxy) is 2. The highest BCUT2D eigenvalue weighted by atomic mass is 16.6. The predicted molar refractivity (Wildman–Crippen MR) is 68.1 cm³/mol. The first-order valence-electron chi connectivity index (χ1n) is 6.14. The SMILES string of the molecule is CCCNC(=O)OCC(C)(COC(N)=O)C(C)C. The first-order valence-corrected chi connectivity index (χ1v) is 6.14. The van der Waals surface area contributed by atoms with Crippen LogP contribution in [-0.2, 0) is 9.47 Å². The average Bonchev–Trinajstić information content (AvgIpc) is 2.30. The van der Waals surface area contributed by atoms with Crippen molar-refractivity contribution in [3.8, 4) is 0 Å². The van der Waals surface area contributed by atoms with E-state index >= 15 is 0 Å². The highest BCUT2D eigenvalue weighted by Crippen LogP contribution is 2.27. The van der Waals surface area contributed by atoms with E-state index in [9.17, 15) is 9.59 Å². The molecule has 0 aromatic carbocycles. The van der Waals surface area contributed by atoms with Gasteiger partial charge >= 0.3 is 12.2 Å². The van der Waals surface area contributed by atoms with Gasteiger partial charge in [0.1, 0.15) is 13.2 Å². The molecule has 0 saturated heterocycles. The molecule has 0 aliphatic heterocycles. The molecule has 106 valence electrons. The van der Waals surface area contributed by atoms with Crippen LogP contribution < -0.4 is 11.1 Å². The summed E-state index contributed by atoms with van der Waals surface area (Å²) in [6, 6.07) is 0. The van der Waals surface area contributed by atoms with Gasteiger partial charge < -0.3 is 20.5 Å². The lowest BCUT2D eigenvalue weighted by molar-refractivity contribution is 0.0118. The number of carbonyl (C=O) groups excluding carboxylic acids is 2. The predicted octanol–water partition coefficient (Wildman–Crippen LogP) is 1.88. The molecule has 6 nitrogen and oxygen atoms in total. The maximum atomic E-state index is 11.3. The van der Waals surface area contributed by atoms with Crippen molar-refractivity contribution in [1.29, 1.82) is 0 Å². The van der Waals surface area contributed by atoms with Gasteiger partial charge in [0.05, 0.1) is 0 Å². The van der Waals surface area contributed by atoms with Gasteiger partial charge in [0.25, 0.3) is 0 Å². The van der Waals surface area contributed by atoms with Gasteiger partial charge in [-0.1, -0.05) is 27.7 Å². The number of carbonyl (C=O) groups is 2. The Morgan fingerprint density at radius 2 is 1.83 bits per heavy atom. The van der Waals surface area contributed by atoms with Gasteiger partial charge in [0, 0.05) is 12.0 Å². The van der Waals surface area contributed by atoms with Gasteiger partial charge in [-0.25, -0.2) is 9.59 Å². The summed E-state index contributed by atoms with van der Waals surface area (Å²) in [6.45, 7) is 8.66. The molecule has 0 aliphatic carbocycles. The van der Waals surface area contributed by atoms with Crippen LogP contribution in [0.25, 0.3) is 0 Å². The smallest absolute Gasteiger partial charge is 0.407 e. The zero-order valence-corrected chi connectivity index (χ0v) is 11.6. The van der Waals surface area contributed by atoms with Gasteiger partial charge in [-0.2, -0.15) is 0 Å². The van der Waals surface area contributed by atoms with Crippen molar-refractivity contribution in [2.45, 2.75) is 34.1 Å². The number of nitrogens with two attached hydrogens (primary N) is 1. The molecular formula is C12H24N2O4. The van der Waals surface area contributed by atoms with Crippen molar-refractivity contribution >= 4 is 12.2 Å². The summed E-state index contributed by atoms with van der Waals surface area (Å²) >= 11 is 0. The number of amides is 2. The molecule has 1 unspecified atom stereocenters. The van der Waals surface area contributed by atoms with Crippen molar-refractivity contribution < 1.29 is 19.1 Å². The summed E-state index contributed by atoms with van der Waals surface area (Å²) in [5, 5.41) is 2.62. The molecule has 0 bridgehead atoms. The highest BCUT2D eigenvalue weighted by molar-refractivity contribution is 5.67. The summed E-state index contributed by atoms with van der Waals surface area (Å²) in [6.07, 6.45) is -0.429. The van der Waals surface area contributed by atoms with Crippen LogP contribution in [0.2, 0.25) is 0 Å². The summed E-state index contributed by atoms with van der Waals surface area (Å²) in [5.74, 6) is 0.177. The lowest BCUT2D eigenvalue weighted by atomic mass is 9.81. The molecule has 2 amide bonds. The Labute approximate surface area is 108 Å². The fourth-order valence-electron chi connectivity index (χ4n) is 1.12. The molecule has 0 heterocycles. The van der Waals surface area contributed by atoms with Crippen LogP contribution in [0.4, 0.5) is 9.59 Å². The number of primary amides is 1. The third-order valence-corrected chi connectivity index (χ3v) is 2.99. The summed E-state index contributed by atoms with van der Waals surface area (Å²) in [4.78, 5) is 22.0. The standard InChI is InChI=1S/C12H24N2O4/c1-5-6-14-11(16)18-8-12(4,9(2)3)7-17-10(13)15/h9H,5-8H2,1-4H3,(H2,13,15)(H,14,16). The fraction of sp³-hybridized carbons (Fsp3) is 0.833. The summed E-state index contributed by atoms with van der Waals surface area (Å²) in [5.41, 5.74) is 4.49. The van der Waals surface area contributed by atoms with Gasteiger partial charge in [0.2, 0.25) is 0 Å². The van der Waals surface area contributed by atoms with Crippen molar-refractivity contribution in [3.05, 3.63) is 0 Å². The Kier molecular flexibility index (Phi) is 7.16. The third kappa shape index (κ3) is 6.32. The maximum Gasteiger partial charge on any atom is 0.407 e. The van der Waals surface area contributed by atoms with E-state index in [1.807, 2.05) is 27.7 Å². The van der Waals surface area contributed by atoms with Crippen LogP contribution in [0, 0.1) is 11.3 Å². The second kappa shape index (κ2) is 7.79. The molecule has 0 spiro atoms. The Bertz CT molecular complexity index is 281. The normalized spacial score (nSPS) is 13.8. The van der Waals surface area contributed by atoms with Gasteiger partial charge in [-0.05, 0) is 12.3 Å². The number of rotatable bonds is 7. The van der Waals surface area contributed by atoms with Crippen LogP contribution in [0.1, 0.15) is 34.1 Å². The van der Waals surface area contributed by atoms with Crippen molar-refractivity contribution in [2.24, 2.45) is 17.1 Å². The van der Waals surface area contributed by atoms with Crippen LogP contribution in [-0.4, -0.2) is 31.9 Å². The van der Waals surface area contributed by atoms with E-state index in [0.29, 0.717) is 6.54 Å².